The van der Waals surface area contributed by atoms with Crippen LogP contribution in [-0.2, 0) is 9.59 Å². The summed E-state index contributed by atoms with van der Waals surface area (Å²) in [7, 11) is 0. The largest absolute Gasteiger partial charge is 0.384 e. The number of carbonyl (C=O) groups is 2. The first-order valence-electron chi connectivity index (χ1n) is 6.86. The fraction of sp³-hybridized carbons (Fsp3) is 0.500. The number of nitrogen functional groups attached to an aromatic ring is 1. The molecule has 1 aromatic rings. The highest BCUT2D eigenvalue weighted by Crippen LogP contribution is 2.28. The van der Waals surface area contributed by atoms with E-state index in [1.807, 2.05) is 0 Å². The van der Waals surface area contributed by atoms with Gasteiger partial charge in [-0.15, -0.1) is 12.4 Å². The number of halogens is 1. The van der Waals surface area contributed by atoms with Crippen molar-refractivity contribution in [3.63, 3.8) is 0 Å². The van der Waals surface area contributed by atoms with Crippen molar-refractivity contribution in [3.05, 3.63) is 18.3 Å². The van der Waals surface area contributed by atoms with Crippen molar-refractivity contribution in [2.24, 2.45) is 5.92 Å². The van der Waals surface area contributed by atoms with Crippen LogP contribution in [0.15, 0.2) is 18.3 Å². The zero-order chi connectivity index (χ0) is 14.5. The van der Waals surface area contributed by atoms with Crippen LogP contribution in [0.2, 0.25) is 0 Å². The minimum absolute atomic E-state index is 0. The minimum Gasteiger partial charge on any atom is -0.384 e. The summed E-state index contributed by atoms with van der Waals surface area (Å²) >= 11 is 0. The number of nitrogens with zero attached hydrogens (tertiary/aromatic N) is 1. The average Bonchev–Trinajstić information content (AvgIpc) is 2.92. The lowest BCUT2D eigenvalue weighted by Gasteiger charge is -2.23. The monoisotopic (exact) mass is 312 g/mol. The Hall–Kier alpha value is -1.82. The van der Waals surface area contributed by atoms with Crippen LogP contribution in [0.3, 0.4) is 0 Å². The fourth-order valence-corrected chi connectivity index (χ4v) is 2.61. The molecular formula is C14H21ClN4O2. The minimum atomic E-state index is -0.479. The van der Waals surface area contributed by atoms with Crippen LogP contribution in [0.25, 0.3) is 0 Å². The quantitative estimate of drug-likeness (QED) is 0.788. The number of rotatable bonds is 4. The molecule has 2 rings (SSSR count). The van der Waals surface area contributed by atoms with Crippen molar-refractivity contribution in [1.82, 2.24) is 10.3 Å². The number of amides is 2. The highest BCUT2D eigenvalue weighted by Gasteiger charge is 2.31. The Morgan fingerprint density at radius 3 is 2.52 bits per heavy atom. The Bertz CT molecular complexity index is 486. The van der Waals surface area contributed by atoms with Crippen molar-refractivity contribution in [3.8, 4) is 0 Å². The molecule has 0 spiro atoms. The summed E-state index contributed by atoms with van der Waals surface area (Å²) in [6, 6.07) is 2.84. The molecule has 1 aliphatic carbocycles. The van der Waals surface area contributed by atoms with E-state index in [9.17, 15) is 9.59 Å². The zero-order valence-corrected chi connectivity index (χ0v) is 12.8. The van der Waals surface area contributed by atoms with E-state index in [2.05, 4.69) is 15.6 Å². The van der Waals surface area contributed by atoms with Crippen LogP contribution >= 0.6 is 12.4 Å². The second-order valence-corrected chi connectivity index (χ2v) is 5.18. The number of hydrogen-bond donors (Lipinski definition) is 3. The molecule has 1 unspecified atom stereocenters. The van der Waals surface area contributed by atoms with Gasteiger partial charge in [-0.25, -0.2) is 4.98 Å². The van der Waals surface area contributed by atoms with Gasteiger partial charge in [-0.2, -0.15) is 0 Å². The van der Waals surface area contributed by atoms with Gasteiger partial charge in [-0.3, -0.25) is 9.59 Å². The van der Waals surface area contributed by atoms with E-state index in [-0.39, 0.29) is 30.1 Å². The predicted octanol–water partition coefficient (Wildman–Crippen LogP) is 1.72. The molecule has 7 heteroatoms. The zero-order valence-electron chi connectivity index (χ0n) is 12.0. The van der Waals surface area contributed by atoms with E-state index in [1.165, 1.54) is 13.1 Å². The highest BCUT2D eigenvalue weighted by molar-refractivity contribution is 5.97. The number of carbonyl (C=O) groups excluding carboxylic acids is 2. The molecule has 1 heterocycles. The molecule has 116 valence electrons. The maximum atomic E-state index is 12.3. The standard InChI is InChI=1S/C14H20N4O2.ClH/c1-9(19)17-13(10-4-2-3-5-10)14(20)18-11-6-7-12(15)16-8-11;/h6-8,10,13H,2-5H2,1H3,(H2,15,16)(H,17,19)(H,18,20);1H. The van der Waals surface area contributed by atoms with Gasteiger partial charge in [0.1, 0.15) is 11.9 Å². The lowest BCUT2D eigenvalue weighted by molar-refractivity contribution is -0.126. The van der Waals surface area contributed by atoms with Crippen LogP contribution in [0.1, 0.15) is 32.6 Å². The van der Waals surface area contributed by atoms with Crippen molar-refractivity contribution < 1.29 is 9.59 Å². The second kappa shape index (κ2) is 7.83. The van der Waals surface area contributed by atoms with Gasteiger partial charge in [0.05, 0.1) is 11.9 Å². The molecule has 6 nitrogen and oxygen atoms in total. The van der Waals surface area contributed by atoms with E-state index < -0.39 is 6.04 Å². The molecule has 0 aliphatic heterocycles. The Morgan fingerprint density at radius 2 is 2.00 bits per heavy atom. The Kier molecular flexibility index (Phi) is 6.42. The number of pyridine rings is 1. The molecule has 0 radical (unpaired) electrons. The van der Waals surface area contributed by atoms with Gasteiger partial charge in [0.2, 0.25) is 11.8 Å². The number of nitrogens with two attached hydrogens (primary N) is 1. The molecule has 1 aromatic heterocycles. The first-order valence-corrected chi connectivity index (χ1v) is 6.86. The molecule has 0 aromatic carbocycles. The lowest BCUT2D eigenvalue weighted by Crippen LogP contribution is -2.47. The predicted molar refractivity (Wildman–Crippen MR) is 84.1 cm³/mol. The summed E-state index contributed by atoms with van der Waals surface area (Å²) in [5, 5.41) is 5.54. The molecule has 4 N–H and O–H groups in total. The van der Waals surface area contributed by atoms with E-state index in [1.54, 1.807) is 12.1 Å². The van der Waals surface area contributed by atoms with Crippen LogP contribution < -0.4 is 16.4 Å². The summed E-state index contributed by atoms with van der Waals surface area (Å²) in [4.78, 5) is 27.6. The first kappa shape index (κ1) is 17.2. The molecule has 2 amide bonds. The number of hydrogen-bond acceptors (Lipinski definition) is 4. The summed E-state index contributed by atoms with van der Waals surface area (Å²) in [6.45, 7) is 1.43. The van der Waals surface area contributed by atoms with Crippen molar-refractivity contribution in [2.45, 2.75) is 38.6 Å². The normalized spacial score (nSPS) is 15.9. The van der Waals surface area contributed by atoms with Crippen LogP contribution in [0, 0.1) is 5.92 Å². The van der Waals surface area contributed by atoms with Gasteiger partial charge in [0.25, 0.3) is 0 Å². The number of anilines is 2. The third-order valence-corrected chi connectivity index (χ3v) is 3.57. The van der Waals surface area contributed by atoms with Gasteiger partial charge in [0.15, 0.2) is 0 Å². The van der Waals surface area contributed by atoms with E-state index in [4.69, 9.17) is 5.73 Å². The maximum Gasteiger partial charge on any atom is 0.247 e. The summed E-state index contributed by atoms with van der Waals surface area (Å²) in [5.74, 6) is 0.226. The first-order chi connectivity index (χ1) is 9.56. The second-order valence-electron chi connectivity index (χ2n) is 5.18. The third-order valence-electron chi connectivity index (χ3n) is 3.57. The van der Waals surface area contributed by atoms with Crippen molar-refractivity contribution in [1.29, 1.82) is 0 Å². The highest BCUT2D eigenvalue weighted by atomic mass is 35.5. The van der Waals surface area contributed by atoms with E-state index in [0.717, 1.165) is 25.7 Å². The molecule has 1 aliphatic rings. The summed E-state index contributed by atoms with van der Waals surface area (Å²) < 4.78 is 0. The maximum absolute atomic E-state index is 12.3. The molecule has 1 saturated carbocycles. The molecular weight excluding hydrogens is 292 g/mol. The lowest BCUT2D eigenvalue weighted by atomic mass is 9.97. The average molecular weight is 313 g/mol. The van der Waals surface area contributed by atoms with Crippen molar-refractivity contribution >= 4 is 35.7 Å². The topological polar surface area (TPSA) is 97.1 Å². The molecule has 1 fully saturated rings. The number of aromatic nitrogens is 1. The van der Waals surface area contributed by atoms with E-state index >= 15 is 0 Å². The van der Waals surface area contributed by atoms with Crippen molar-refractivity contribution in [2.75, 3.05) is 11.1 Å². The molecule has 1 atom stereocenters. The SMILES string of the molecule is CC(=O)NC(C(=O)Nc1ccc(N)nc1)C1CCCC1.Cl. The molecule has 21 heavy (non-hydrogen) atoms. The molecule has 0 bridgehead atoms. The molecule has 0 saturated heterocycles. The van der Waals surface area contributed by atoms with E-state index in [0.29, 0.717) is 11.5 Å². The fourth-order valence-electron chi connectivity index (χ4n) is 2.61. The summed E-state index contributed by atoms with van der Waals surface area (Å²) in [6.07, 6.45) is 5.67. The van der Waals surface area contributed by atoms with Gasteiger partial charge < -0.3 is 16.4 Å². The van der Waals surface area contributed by atoms with Crippen LogP contribution in [0.4, 0.5) is 11.5 Å². The van der Waals surface area contributed by atoms with Gasteiger partial charge in [0, 0.05) is 6.92 Å². The van der Waals surface area contributed by atoms with Crippen LogP contribution in [0.5, 0.6) is 0 Å². The van der Waals surface area contributed by atoms with Crippen LogP contribution in [-0.4, -0.2) is 22.8 Å². The number of nitrogens with one attached hydrogen (secondary N) is 2. The third kappa shape index (κ3) is 4.90. The smallest absolute Gasteiger partial charge is 0.247 e. The van der Waals surface area contributed by atoms with Gasteiger partial charge in [-0.05, 0) is 30.9 Å². The van der Waals surface area contributed by atoms with Gasteiger partial charge >= 0.3 is 0 Å². The Labute approximate surface area is 130 Å². The Morgan fingerprint density at radius 1 is 1.33 bits per heavy atom. The summed E-state index contributed by atoms with van der Waals surface area (Å²) in [5.41, 5.74) is 6.08. The van der Waals surface area contributed by atoms with Gasteiger partial charge in [-0.1, -0.05) is 12.8 Å². The Balaban J connectivity index is 0.00000220.